The Morgan fingerprint density at radius 2 is 2.29 bits per heavy atom. The highest BCUT2D eigenvalue weighted by molar-refractivity contribution is 7.03. The number of carbonyl (C=O) groups excluding carboxylic acids is 2. The van der Waals surface area contributed by atoms with Crippen LogP contribution in [0.25, 0.3) is 0 Å². The fourth-order valence-electron chi connectivity index (χ4n) is 1.52. The molecule has 94 valence electrons. The average molecular weight is 257 g/mol. The van der Waals surface area contributed by atoms with Gasteiger partial charge in [0.05, 0.1) is 7.11 Å². The molecule has 0 aromatic carbocycles. The van der Waals surface area contributed by atoms with Crippen LogP contribution < -0.4 is 5.32 Å². The average Bonchev–Trinajstić information content (AvgIpc) is 2.81. The van der Waals surface area contributed by atoms with Gasteiger partial charge in [-0.1, -0.05) is 17.8 Å². The minimum atomic E-state index is -1.02. The minimum Gasteiger partial charge on any atom is -0.467 e. The Labute approximate surface area is 104 Å². The van der Waals surface area contributed by atoms with Crippen molar-refractivity contribution < 1.29 is 14.3 Å². The van der Waals surface area contributed by atoms with Crippen LogP contribution in [0.2, 0.25) is 0 Å². The van der Waals surface area contributed by atoms with Gasteiger partial charge in [-0.25, -0.2) is 4.79 Å². The van der Waals surface area contributed by atoms with Crippen LogP contribution in [0.1, 0.15) is 37.2 Å². The summed E-state index contributed by atoms with van der Waals surface area (Å²) in [6, 6.07) is 0. The second kappa shape index (κ2) is 5.72. The number of carbonyl (C=O) groups is 2. The highest BCUT2D eigenvalue weighted by Crippen LogP contribution is 2.15. The summed E-state index contributed by atoms with van der Waals surface area (Å²) in [6.45, 7) is 3.57. The van der Waals surface area contributed by atoms with Crippen LogP contribution >= 0.6 is 11.5 Å². The molecule has 7 heteroatoms. The molecule has 17 heavy (non-hydrogen) atoms. The van der Waals surface area contributed by atoms with Gasteiger partial charge in [0, 0.05) is 5.38 Å². The van der Waals surface area contributed by atoms with E-state index in [0.717, 1.165) is 18.0 Å². The van der Waals surface area contributed by atoms with E-state index in [1.54, 1.807) is 6.92 Å². The van der Waals surface area contributed by atoms with Crippen LogP contribution in [0, 0.1) is 0 Å². The summed E-state index contributed by atoms with van der Waals surface area (Å²) in [7, 11) is 1.30. The number of rotatable bonds is 5. The topological polar surface area (TPSA) is 81.2 Å². The zero-order valence-electron chi connectivity index (χ0n) is 10.0. The normalized spacial score (nSPS) is 13.8. The van der Waals surface area contributed by atoms with Crippen LogP contribution in [0.5, 0.6) is 0 Å². The molecule has 0 saturated carbocycles. The van der Waals surface area contributed by atoms with Gasteiger partial charge < -0.3 is 10.1 Å². The maximum Gasteiger partial charge on any atom is 0.331 e. The SMILES string of the molecule is CCCC(C)(NC(=O)c1csnn1)C(=O)OC. The highest BCUT2D eigenvalue weighted by Gasteiger charge is 2.35. The molecule has 1 aromatic heterocycles. The lowest BCUT2D eigenvalue weighted by Gasteiger charge is -2.26. The first-order valence-corrected chi connectivity index (χ1v) is 6.05. The molecule has 0 saturated heterocycles. The molecule has 0 aliphatic carbocycles. The number of hydrogen-bond acceptors (Lipinski definition) is 6. The van der Waals surface area contributed by atoms with Gasteiger partial charge in [0.15, 0.2) is 5.69 Å². The first-order chi connectivity index (χ1) is 8.03. The van der Waals surface area contributed by atoms with Crippen LogP contribution in [0.15, 0.2) is 5.38 Å². The maximum absolute atomic E-state index is 11.8. The number of amides is 1. The van der Waals surface area contributed by atoms with Gasteiger partial charge in [-0.2, -0.15) is 0 Å². The Balaban J connectivity index is 2.80. The van der Waals surface area contributed by atoms with Crippen LogP contribution in [0.3, 0.4) is 0 Å². The zero-order valence-corrected chi connectivity index (χ0v) is 10.8. The molecule has 0 radical (unpaired) electrons. The Hall–Kier alpha value is -1.50. The number of aromatic nitrogens is 2. The molecule has 1 aromatic rings. The third-order valence-corrected chi connectivity index (χ3v) is 2.87. The second-order valence-electron chi connectivity index (χ2n) is 3.82. The van der Waals surface area contributed by atoms with Crippen molar-refractivity contribution in [2.45, 2.75) is 32.2 Å². The monoisotopic (exact) mass is 257 g/mol. The molecule has 1 unspecified atom stereocenters. The van der Waals surface area contributed by atoms with Crippen molar-refractivity contribution in [1.82, 2.24) is 14.9 Å². The molecule has 0 fully saturated rings. The van der Waals surface area contributed by atoms with E-state index in [-0.39, 0.29) is 5.69 Å². The molecule has 1 N–H and O–H groups in total. The molecule has 1 rings (SSSR count). The largest absolute Gasteiger partial charge is 0.467 e. The first kappa shape index (κ1) is 13.6. The number of hydrogen-bond donors (Lipinski definition) is 1. The van der Waals surface area contributed by atoms with Crippen LogP contribution in [-0.2, 0) is 9.53 Å². The minimum absolute atomic E-state index is 0.209. The lowest BCUT2D eigenvalue weighted by molar-refractivity contribution is -0.147. The summed E-state index contributed by atoms with van der Waals surface area (Å²) in [4.78, 5) is 23.5. The summed E-state index contributed by atoms with van der Waals surface area (Å²) in [6.07, 6.45) is 1.25. The molecule has 0 bridgehead atoms. The zero-order chi connectivity index (χ0) is 12.9. The fourth-order valence-corrected chi connectivity index (χ4v) is 1.96. The number of nitrogens with zero attached hydrogens (tertiary/aromatic N) is 2. The van der Waals surface area contributed by atoms with Gasteiger partial charge in [0.2, 0.25) is 0 Å². The third-order valence-electron chi connectivity index (χ3n) is 2.37. The van der Waals surface area contributed by atoms with Crippen molar-refractivity contribution in [3.05, 3.63) is 11.1 Å². The quantitative estimate of drug-likeness (QED) is 0.796. The molecule has 1 atom stereocenters. The van der Waals surface area contributed by atoms with Crippen molar-refractivity contribution in [2.24, 2.45) is 0 Å². The van der Waals surface area contributed by atoms with Gasteiger partial charge in [-0.05, 0) is 24.9 Å². The van der Waals surface area contributed by atoms with E-state index in [1.165, 1.54) is 12.5 Å². The van der Waals surface area contributed by atoms with Gasteiger partial charge in [-0.3, -0.25) is 4.79 Å². The van der Waals surface area contributed by atoms with E-state index in [0.29, 0.717) is 6.42 Å². The van der Waals surface area contributed by atoms with Crippen LogP contribution in [0.4, 0.5) is 0 Å². The molecule has 6 nitrogen and oxygen atoms in total. The number of esters is 1. The van der Waals surface area contributed by atoms with E-state index in [2.05, 4.69) is 14.9 Å². The predicted molar refractivity (Wildman–Crippen MR) is 62.7 cm³/mol. The van der Waals surface area contributed by atoms with Crippen molar-refractivity contribution in [3.63, 3.8) is 0 Å². The molecule has 0 spiro atoms. The summed E-state index contributed by atoms with van der Waals surface area (Å²) < 4.78 is 8.30. The van der Waals surface area contributed by atoms with Gasteiger partial charge >= 0.3 is 5.97 Å². The lowest BCUT2D eigenvalue weighted by Crippen LogP contribution is -2.52. The smallest absolute Gasteiger partial charge is 0.331 e. The summed E-state index contributed by atoms with van der Waals surface area (Å²) >= 11 is 1.08. The Kier molecular flexibility index (Phi) is 4.56. The molecular weight excluding hydrogens is 242 g/mol. The second-order valence-corrected chi connectivity index (χ2v) is 4.43. The Morgan fingerprint density at radius 3 is 2.76 bits per heavy atom. The summed E-state index contributed by atoms with van der Waals surface area (Å²) in [5.41, 5.74) is -0.814. The van der Waals surface area contributed by atoms with Crippen molar-refractivity contribution in [3.8, 4) is 0 Å². The fraction of sp³-hybridized carbons (Fsp3) is 0.600. The lowest BCUT2D eigenvalue weighted by atomic mass is 9.96. The van der Waals surface area contributed by atoms with Crippen LogP contribution in [-0.4, -0.2) is 34.1 Å². The Bertz CT molecular complexity index is 394. The van der Waals surface area contributed by atoms with E-state index in [1.807, 2.05) is 6.92 Å². The number of ether oxygens (including phenoxy) is 1. The predicted octanol–water partition coefficient (Wildman–Crippen LogP) is 1.000. The van der Waals surface area contributed by atoms with Gasteiger partial charge in [-0.15, -0.1) is 5.10 Å². The number of methoxy groups -OCH3 is 1. The molecular formula is C10H15N3O3S. The standard InChI is InChI=1S/C10H15N3O3S/c1-4-5-10(2,9(15)16-3)11-8(14)7-6-17-13-12-7/h6H,4-5H2,1-3H3,(H,11,14). The summed E-state index contributed by atoms with van der Waals surface area (Å²) in [5.74, 6) is -0.879. The van der Waals surface area contributed by atoms with E-state index < -0.39 is 17.4 Å². The Morgan fingerprint density at radius 1 is 1.59 bits per heavy atom. The molecule has 1 amide bonds. The number of nitrogens with one attached hydrogen (secondary N) is 1. The van der Waals surface area contributed by atoms with E-state index in [9.17, 15) is 9.59 Å². The third kappa shape index (κ3) is 3.23. The van der Waals surface area contributed by atoms with Crippen molar-refractivity contribution in [2.75, 3.05) is 7.11 Å². The van der Waals surface area contributed by atoms with E-state index >= 15 is 0 Å². The van der Waals surface area contributed by atoms with Gasteiger partial charge in [0.25, 0.3) is 5.91 Å². The highest BCUT2D eigenvalue weighted by atomic mass is 32.1. The maximum atomic E-state index is 11.8. The molecule has 0 aliphatic rings. The molecule has 1 heterocycles. The summed E-state index contributed by atoms with van der Waals surface area (Å²) in [5, 5.41) is 7.81. The van der Waals surface area contributed by atoms with Crippen molar-refractivity contribution >= 4 is 23.4 Å². The van der Waals surface area contributed by atoms with Gasteiger partial charge in [0.1, 0.15) is 5.54 Å². The van der Waals surface area contributed by atoms with E-state index in [4.69, 9.17) is 4.74 Å². The van der Waals surface area contributed by atoms with Crippen molar-refractivity contribution in [1.29, 1.82) is 0 Å². The first-order valence-electron chi connectivity index (χ1n) is 5.21. The molecule has 0 aliphatic heterocycles.